The molecule has 0 aromatic heterocycles. The Hall–Kier alpha value is -3.10. The average Bonchev–Trinajstić information content (AvgIpc) is 3.49. The standard InChI is InChI=1S/C32H42ClN3O5/c1-31(2)22-36(20-18-32(31,41)25-14-16-26(33)17-15-25)29(38)27(34-28(37)24-11-6-7-12-24)13-8-19-35(30(39)40)21-23-9-4-3-5-10-23/h3-5,9-10,14-17,24,27,41H,6-8,11-13,18-22H2,1-2H3,(H,34,37)(H,39,40). The number of aliphatic hydroxyl groups is 1. The Balaban J connectivity index is 1.45. The summed E-state index contributed by atoms with van der Waals surface area (Å²) in [6.07, 6.45) is 3.73. The van der Waals surface area contributed by atoms with Gasteiger partial charge in [-0.15, -0.1) is 0 Å². The van der Waals surface area contributed by atoms with Gasteiger partial charge in [-0.05, 0) is 55.4 Å². The lowest BCUT2D eigenvalue weighted by molar-refractivity contribution is -0.156. The zero-order chi connectivity index (χ0) is 29.6. The van der Waals surface area contributed by atoms with E-state index in [2.05, 4.69) is 5.32 Å². The van der Waals surface area contributed by atoms with E-state index in [4.69, 9.17) is 11.6 Å². The van der Waals surface area contributed by atoms with Crippen LogP contribution in [0.25, 0.3) is 0 Å². The van der Waals surface area contributed by atoms with Crippen LogP contribution in [0.15, 0.2) is 54.6 Å². The Labute approximate surface area is 247 Å². The summed E-state index contributed by atoms with van der Waals surface area (Å²) in [6.45, 7) is 5.05. The molecule has 1 aliphatic carbocycles. The Morgan fingerprint density at radius 3 is 2.34 bits per heavy atom. The zero-order valence-corrected chi connectivity index (χ0v) is 24.8. The lowest BCUT2D eigenvalue weighted by atomic mass is 9.66. The van der Waals surface area contributed by atoms with E-state index < -0.39 is 23.2 Å². The second-order valence-electron chi connectivity index (χ2n) is 12.1. The van der Waals surface area contributed by atoms with Crippen LogP contribution in [0.1, 0.15) is 69.9 Å². The molecule has 3 amide bonds. The van der Waals surface area contributed by atoms with Gasteiger partial charge < -0.3 is 25.3 Å². The topological polar surface area (TPSA) is 110 Å². The molecule has 2 fully saturated rings. The summed E-state index contributed by atoms with van der Waals surface area (Å²) in [5, 5.41) is 25.1. The molecule has 1 saturated carbocycles. The fraction of sp³-hybridized carbons (Fsp3) is 0.531. The first-order chi connectivity index (χ1) is 19.5. The predicted molar refractivity (Wildman–Crippen MR) is 158 cm³/mol. The number of piperidine rings is 1. The van der Waals surface area contributed by atoms with Crippen LogP contribution in [-0.2, 0) is 21.7 Å². The molecule has 2 aromatic rings. The SMILES string of the molecule is CC1(C)CN(C(=O)C(CCCN(Cc2ccccc2)C(=O)O)NC(=O)C2CCCC2)CCC1(O)c1ccc(Cl)cc1. The number of amides is 3. The molecule has 1 aliphatic heterocycles. The molecule has 4 rings (SSSR count). The minimum absolute atomic E-state index is 0.0910. The summed E-state index contributed by atoms with van der Waals surface area (Å²) < 4.78 is 0. The Morgan fingerprint density at radius 1 is 1.07 bits per heavy atom. The van der Waals surface area contributed by atoms with Crippen molar-refractivity contribution in [2.45, 2.75) is 77.0 Å². The summed E-state index contributed by atoms with van der Waals surface area (Å²) in [7, 11) is 0. The van der Waals surface area contributed by atoms with Crippen LogP contribution >= 0.6 is 11.6 Å². The molecule has 2 atom stereocenters. The van der Waals surface area contributed by atoms with Crippen molar-refractivity contribution in [2.24, 2.45) is 11.3 Å². The number of carboxylic acid groups (broad SMARTS) is 1. The number of halogens is 1. The molecule has 1 saturated heterocycles. The van der Waals surface area contributed by atoms with E-state index in [1.165, 1.54) is 4.90 Å². The second kappa shape index (κ2) is 13.3. The van der Waals surface area contributed by atoms with Gasteiger partial charge in [0.2, 0.25) is 11.8 Å². The Bertz CT molecular complexity index is 1200. The number of hydrogen-bond acceptors (Lipinski definition) is 4. The molecule has 0 bridgehead atoms. The molecule has 0 spiro atoms. The molecule has 222 valence electrons. The molecule has 0 radical (unpaired) electrons. The number of carbonyl (C=O) groups is 3. The lowest BCUT2D eigenvalue weighted by Gasteiger charge is -2.51. The van der Waals surface area contributed by atoms with Crippen LogP contribution < -0.4 is 5.32 Å². The van der Waals surface area contributed by atoms with Crippen LogP contribution in [0.4, 0.5) is 4.79 Å². The number of nitrogens with zero attached hydrogens (tertiary/aromatic N) is 2. The first-order valence-electron chi connectivity index (χ1n) is 14.6. The van der Waals surface area contributed by atoms with E-state index in [-0.39, 0.29) is 30.8 Å². The van der Waals surface area contributed by atoms with Gasteiger partial charge >= 0.3 is 6.09 Å². The van der Waals surface area contributed by atoms with E-state index in [0.29, 0.717) is 37.4 Å². The highest BCUT2D eigenvalue weighted by Gasteiger charge is 2.50. The van der Waals surface area contributed by atoms with Crippen molar-refractivity contribution in [3.8, 4) is 0 Å². The molecular formula is C32H42ClN3O5. The summed E-state index contributed by atoms with van der Waals surface area (Å²) in [5.74, 6) is -0.381. The molecule has 2 aliphatic rings. The summed E-state index contributed by atoms with van der Waals surface area (Å²) in [4.78, 5) is 42.0. The summed E-state index contributed by atoms with van der Waals surface area (Å²) in [5.41, 5.74) is -0.154. The van der Waals surface area contributed by atoms with Gasteiger partial charge in [0.25, 0.3) is 0 Å². The number of likely N-dealkylation sites (tertiary alicyclic amines) is 1. The largest absolute Gasteiger partial charge is 0.465 e. The summed E-state index contributed by atoms with van der Waals surface area (Å²) in [6, 6.07) is 15.8. The van der Waals surface area contributed by atoms with Gasteiger partial charge in [0.15, 0.2) is 0 Å². The van der Waals surface area contributed by atoms with Crippen molar-refractivity contribution < 1.29 is 24.6 Å². The minimum Gasteiger partial charge on any atom is -0.465 e. The molecule has 9 heteroatoms. The van der Waals surface area contributed by atoms with Crippen molar-refractivity contribution in [3.05, 3.63) is 70.7 Å². The second-order valence-corrected chi connectivity index (χ2v) is 12.6. The van der Waals surface area contributed by atoms with Crippen LogP contribution in [0.3, 0.4) is 0 Å². The maximum absolute atomic E-state index is 13.9. The number of carbonyl (C=O) groups excluding carboxylic acids is 2. The quantitative estimate of drug-likeness (QED) is 0.346. The Morgan fingerprint density at radius 2 is 1.73 bits per heavy atom. The number of hydrogen-bond donors (Lipinski definition) is 3. The maximum Gasteiger partial charge on any atom is 0.407 e. The van der Waals surface area contributed by atoms with Crippen LogP contribution in [0.5, 0.6) is 0 Å². The Kier molecular flexibility index (Phi) is 9.97. The molecule has 2 aromatic carbocycles. The van der Waals surface area contributed by atoms with E-state index in [0.717, 1.165) is 36.8 Å². The van der Waals surface area contributed by atoms with Crippen molar-refractivity contribution in [1.29, 1.82) is 0 Å². The first kappa shape index (κ1) is 30.8. The number of benzene rings is 2. The van der Waals surface area contributed by atoms with Gasteiger partial charge in [-0.2, -0.15) is 0 Å². The minimum atomic E-state index is -1.14. The highest BCUT2D eigenvalue weighted by Crippen LogP contribution is 2.46. The van der Waals surface area contributed by atoms with E-state index in [1.54, 1.807) is 17.0 Å². The summed E-state index contributed by atoms with van der Waals surface area (Å²) >= 11 is 6.07. The van der Waals surface area contributed by atoms with Gasteiger partial charge in [0, 0.05) is 42.5 Å². The molecule has 8 nitrogen and oxygen atoms in total. The van der Waals surface area contributed by atoms with Gasteiger partial charge in [-0.1, -0.05) is 80.8 Å². The van der Waals surface area contributed by atoms with Crippen molar-refractivity contribution >= 4 is 29.5 Å². The van der Waals surface area contributed by atoms with E-state index >= 15 is 0 Å². The van der Waals surface area contributed by atoms with Crippen molar-refractivity contribution in [1.82, 2.24) is 15.1 Å². The van der Waals surface area contributed by atoms with Gasteiger partial charge in [-0.3, -0.25) is 9.59 Å². The first-order valence-corrected chi connectivity index (χ1v) is 15.0. The van der Waals surface area contributed by atoms with E-state index in [9.17, 15) is 24.6 Å². The zero-order valence-electron chi connectivity index (χ0n) is 24.0. The number of nitrogens with one attached hydrogen (secondary N) is 1. The van der Waals surface area contributed by atoms with Gasteiger partial charge in [-0.25, -0.2) is 4.79 Å². The van der Waals surface area contributed by atoms with E-state index in [1.807, 2.05) is 56.3 Å². The monoisotopic (exact) mass is 583 g/mol. The van der Waals surface area contributed by atoms with Gasteiger partial charge in [0.05, 0.1) is 5.60 Å². The third-order valence-corrected chi connectivity index (χ3v) is 9.08. The van der Waals surface area contributed by atoms with Gasteiger partial charge in [0.1, 0.15) is 6.04 Å². The fourth-order valence-electron chi connectivity index (χ4n) is 6.26. The number of rotatable bonds is 10. The molecule has 1 heterocycles. The molecule has 41 heavy (non-hydrogen) atoms. The third kappa shape index (κ3) is 7.41. The molecule has 3 N–H and O–H groups in total. The molecular weight excluding hydrogens is 542 g/mol. The smallest absolute Gasteiger partial charge is 0.407 e. The van der Waals surface area contributed by atoms with Crippen LogP contribution in [-0.4, -0.2) is 63.6 Å². The van der Waals surface area contributed by atoms with Crippen LogP contribution in [0.2, 0.25) is 5.02 Å². The highest BCUT2D eigenvalue weighted by molar-refractivity contribution is 6.30. The predicted octanol–water partition coefficient (Wildman–Crippen LogP) is 5.42. The third-order valence-electron chi connectivity index (χ3n) is 8.83. The lowest BCUT2D eigenvalue weighted by Crippen LogP contribution is -2.60. The molecule has 2 unspecified atom stereocenters. The van der Waals surface area contributed by atoms with Crippen molar-refractivity contribution in [3.63, 3.8) is 0 Å². The van der Waals surface area contributed by atoms with Crippen LogP contribution in [0, 0.1) is 11.3 Å². The average molecular weight is 584 g/mol. The normalized spacial score (nSPS) is 21.3. The van der Waals surface area contributed by atoms with Crippen molar-refractivity contribution in [2.75, 3.05) is 19.6 Å². The maximum atomic E-state index is 13.9. The highest BCUT2D eigenvalue weighted by atomic mass is 35.5. The fourth-order valence-corrected chi connectivity index (χ4v) is 6.38.